The molecule has 1 aromatic heterocycles. The second-order valence-corrected chi connectivity index (χ2v) is 5.40. The summed E-state index contributed by atoms with van der Waals surface area (Å²) in [6.07, 6.45) is 2.67. The Hall–Kier alpha value is -0.450. The molecule has 0 bridgehead atoms. The first-order valence-electron chi connectivity index (χ1n) is 4.82. The first-order valence-corrected chi connectivity index (χ1v) is 5.63. The number of hydrogen-bond acceptors (Lipinski definition) is 4. The van der Waals surface area contributed by atoms with E-state index in [1.807, 2.05) is 27.0 Å². The standard InChI is InChI=1S/C10H18N2OS/c1-8-12-7-9(14-8)6-11-5-4-10(2,3)13/h7,11,13H,4-6H2,1-3H3. The molecule has 0 amide bonds. The third-order valence-electron chi connectivity index (χ3n) is 1.88. The molecule has 0 atom stereocenters. The van der Waals surface area contributed by atoms with Gasteiger partial charge in [0.25, 0.3) is 0 Å². The first-order chi connectivity index (χ1) is 6.47. The van der Waals surface area contributed by atoms with Crippen LogP contribution in [0.1, 0.15) is 30.2 Å². The molecule has 1 aromatic rings. The van der Waals surface area contributed by atoms with Crippen LogP contribution in [0.4, 0.5) is 0 Å². The van der Waals surface area contributed by atoms with Gasteiger partial charge in [0.1, 0.15) is 0 Å². The average Bonchev–Trinajstić information content (AvgIpc) is 2.44. The van der Waals surface area contributed by atoms with E-state index < -0.39 is 5.60 Å². The lowest BCUT2D eigenvalue weighted by atomic mass is 10.1. The van der Waals surface area contributed by atoms with Crippen molar-refractivity contribution >= 4 is 11.3 Å². The Balaban J connectivity index is 2.16. The van der Waals surface area contributed by atoms with E-state index in [0.29, 0.717) is 0 Å². The molecule has 1 rings (SSSR count). The van der Waals surface area contributed by atoms with Gasteiger partial charge in [-0.1, -0.05) is 0 Å². The lowest BCUT2D eigenvalue weighted by Crippen LogP contribution is -2.26. The summed E-state index contributed by atoms with van der Waals surface area (Å²) in [6.45, 7) is 7.34. The van der Waals surface area contributed by atoms with Crippen LogP contribution in [0, 0.1) is 6.92 Å². The van der Waals surface area contributed by atoms with E-state index in [9.17, 15) is 5.11 Å². The number of nitrogens with one attached hydrogen (secondary N) is 1. The topological polar surface area (TPSA) is 45.2 Å². The largest absolute Gasteiger partial charge is 0.390 e. The van der Waals surface area contributed by atoms with E-state index in [4.69, 9.17) is 0 Å². The van der Waals surface area contributed by atoms with Crippen LogP contribution >= 0.6 is 11.3 Å². The average molecular weight is 214 g/mol. The summed E-state index contributed by atoms with van der Waals surface area (Å²) in [6, 6.07) is 0. The van der Waals surface area contributed by atoms with Crippen molar-refractivity contribution in [1.82, 2.24) is 10.3 Å². The maximum Gasteiger partial charge on any atom is 0.0897 e. The Kier molecular flexibility index (Phi) is 4.04. The van der Waals surface area contributed by atoms with E-state index in [0.717, 1.165) is 24.5 Å². The van der Waals surface area contributed by atoms with Crippen LogP contribution in [-0.2, 0) is 6.54 Å². The van der Waals surface area contributed by atoms with Crippen molar-refractivity contribution < 1.29 is 5.11 Å². The van der Waals surface area contributed by atoms with Gasteiger partial charge in [-0.3, -0.25) is 0 Å². The van der Waals surface area contributed by atoms with Crippen LogP contribution in [0.25, 0.3) is 0 Å². The van der Waals surface area contributed by atoms with E-state index in [2.05, 4.69) is 10.3 Å². The molecule has 3 nitrogen and oxygen atoms in total. The summed E-state index contributed by atoms with van der Waals surface area (Å²) in [5.41, 5.74) is -0.573. The number of aromatic nitrogens is 1. The van der Waals surface area contributed by atoms with Crippen molar-refractivity contribution in [1.29, 1.82) is 0 Å². The number of nitrogens with zero attached hydrogens (tertiary/aromatic N) is 1. The molecule has 0 spiro atoms. The second-order valence-electron chi connectivity index (χ2n) is 4.08. The van der Waals surface area contributed by atoms with Gasteiger partial charge in [0.15, 0.2) is 0 Å². The zero-order valence-electron chi connectivity index (χ0n) is 9.00. The predicted molar refractivity (Wildman–Crippen MR) is 59.5 cm³/mol. The minimum Gasteiger partial charge on any atom is -0.390 e. The molecule has 14 heavy (non-hydrogen) atoms. The minimum atomic E-state index is -0.573. The number of hydrogen-bond donors (Lipinski definition) is 2. The van der Waals surface area contributed by atoms with Crippen LogP contribution < -0.4 is 5.32 Å². The first kappa shape index (κ1) is 11.6. The van der Waals surface area contributed by atoms with Crippen molar-refractivity contribution in [3.8, 4) is 0 Å². The van der Waals surface area contributed by atoms with Gasteiger partial charge in [0.2, 0.25) is 0 Å². The van der Waals surface area contributed by atoms with Crippen LogP contribution in [-0.4, -0.2) is 22.2 Å². The molecule has 0 fully saturated rings. The molecule has 0 aliphatic heterocycles. The zero-order chi connectivity index (χ0) is 10.6. The molecule has 0 aliphatic carbocycles. The Labute approximate surface area is 89.2 Å². The summed E-state index contributed by atoms with van der Waals surface area (Å²) in [5.74, 6) is 0. The fourth-order valence-electron chi connectivity index (χ4n) is 1.09. The molecule has 0 aliphatic rings. The third-order valence-corrected chi connectivity index (χ3v) is 2.79. The maximum absolute atomic E-state index is 9.47. The molecule has 4 heteroatoms. The summed E-state index contributed by atoms with van der Waals surface area (Å²) >= 11 is 1.71. The normalized spacial score (nSPS) is 12.0. The second kappa shape index (κ2) is 4.87. The highest BCUT2D eigenvalue weighted by atomic mass is 32.1. The number of aryl methyl sites for hydroxylation is 1. The van der Waals surface area contributed by atoms with Crippen molar-refractivity contribution in [3.63, 3.8) is 0 Å². The van der Waals surface area contributed by atoms with Crippen LogP contribution in [0.15, 0.2) is 6.20 Å². The van der Waals surface area contributed by atoms with Crippen LogP contribution in [0.3, 0.4) is 0 Å². The molecule has 0 saturated heterocycles. The van der Waals surface area contributed by atoms with Crippen LogP contribution in [0.5, 0.6) is 0 Å². The van der Waals surface area contributed by atoms with Gasteiger partial charge in [-0.2, -0.15) is 0 Å². The zero-order valence-corrected chi connectivity index (χ0v) is 9.82. The lowest BCUT2D eigenvalue weighted by molar-refractivity contribution is 0.0711. The Morgan fingerprint density at radius 3 is 2.79 bits per heavy atom. The highest BCUT2D eigenvalue weighted by Gasteiger charge is 2.10. The minimum absolute atomic E-state index is 0.573. The van der Waals surface area contributed by atoms with E-state index in [1.54, 1.807) is 11.3 Å². The molecular weight excluding hydrogens is 196 g/mol. The molecular formula is C10H18N2OS. The quantitative estimate of drug-likeness (QED) is 0.733. The number of aliphatic hydroxyl groups is 1. The molecule has 0 saturated carbocycles. The van der Waals surface area contributed by atoms with Crippen molar-refractivity contribution in [2.24, 2.45) is 0 Å². The summed E-state index contributed by atoms with van der Waals surface area (Å²) in [5, 5.41) is 13.9. The fourth-order valence-corrected chi connectivity index (χ4v) is 1.86. The molecule has 2 N–H and O–H groups in total. The Morgan fingerprint density at radius 2 is 2.29 bits per heavy atom. The van der Waals surface area contributed by atoms with Crippen LogP contribution in [0.2, 0.25) is 0 Å². The van der Waals surface area contributed by atoms with Gasteiger partial charge < -0.3 is 10.4 Å². The smallest absolute Gasteiger partial charge is 0.0897 e. The van der Waals surface area contributed by atoms with Gasteiger partial charge in [-0.15, -0.1) is 11.3 Å². The highest BCUT2D eigenvalue weighted by Crippen LogP contribution is 2.11. The van der Waals surface area contributed by atoms with Gasteiger partial charge in [-0.05, 0) is 33.7 Å². The maximum atomic E-state index is 9.47. The van der Waals surface area contributed by atoms with E-state index >= 15 is 0 Å². The third kappa shape index (κ3) is 4.69. The van der Waals surface area contributed by atoms with E-state index in [-0.39, 0.29) is 0 Å². The van der Waals surface area contributed by atoms with Gasteiger partial charge >= 0.3 is 0 Å². The van der Waals surface area contributed by atoms with Crippen molar-refractivity contribution in [2.45, 2.75) is 39.3 Å². The Morgan fingerprint density at radius 1 is 1.57 bits per heavy atom. The monoisotopic (exact) mass is 214 g/mol. The molecule has 0 radical (unpaired) electrons. The fraction of sp³-hybridized carbons (Fsp3) is 0.700. The summed E-state index contributed by atoms with van der Waals surface area (Å²) in [7, 11) is 0. The molecule has 80 valence electrons. The highest BCUT2D eigenvalue weighted by molar-refractivity contribution is 7.11. The van der Waals surface area contributed by atoms with Crippen molar-refractivity contribution in [2.75, 3.05) is 6.54 Å². The van der Waals surface area contributed by atoms with Crippen molar-refractivity contribution in [3.05, 3.63) is 16.1 Å². The molecule has 0 aromatic carbocycles. The van der Waals surface area contributed by atoms with Gasteiger partial charge in [0, 0.05) is 17.6 Å². The number of thiazole rings is 1. The SMILES string of the molecule is Cc1ncc(CNCCC(C)(C)O)s1. The Bertz CT molecular complexity index is 278. The van der Waals surface area contributed by atoms with Gasteiger partial charge in [-0.25, -0.2) is 4.98 Å². The summed E-state index contributed by atoms with van der Waals surface area (Å²) < 4.78 is 0. The van der Waals surface area contributed by atoms with E-state index in [1.165, 1.54) is 4.88 Å². The van der Waals surface area contributed by atoms with Gasteiger partial charge in [0.05, 0.1) is 10.6 Å². The summed E-state index contributed by atoms with van der Waals surface area (Å²) in [4.78, 5) is 5.42. The molecule has 0 unspecified atom stereocenters. The lowest BCUT2D eigenvalue weighted by Gasteiger charge is -2.16. The predicted octanol–water partition coefficient (Wildman–Crippen LogP) is 1.70. The molecule has 1 heterocycles. The number of rotatable bonds is 5.